The Kier molecular flexibility index (Phi) is 7.09. The number of anilines is 2. The van der Waals surface area contributed by atoms with Gasteiger partial charge in [0.05, 0.1) is 16.0 Å². The third-order valence-corrected chi connectivity index (χ3v) is 8.01. The molecule has 1 fully saturated rings. The Balaban J connectivity index is 1.56. The maximum absolute atomic E-state index is 13.3. The fraction of sp³-hybridized carbons (Fsp3) is 0.231. The van der Waals surface area contributed by atoms with Crippen LogP contribution in [0.25, 0.3) is 0 Å². The van der Waals surface area contributed by atoms with E-state index < -0.39 is 21.5 Å². The zero-order chi connectivity index (χ0) is 25.5. The predicted molar refractivity (Wildman–Crippen MR) is 141 cm³/mol. The number of nitrogens with zero attached hydrogens (tertiary/aromatic N) is 1. The molecule has 1 saturated carbocycles. The number of benzene rings is 3. The van der Waals surface area contributed by atoms with E-state index in [0.717, 1.165) is 17.4 Å². The monoisotopic (exact) mass is 552 g/mol. The highest BCUT2D eigenvalue weighted by Crippen LogP contribution is 2.73. The Bertz CT molecular complexity index is 1280. The summed E-state index contributed by atoms with van der Waals surface area (Å²) < 4.78 is 11.9. The minimum atomic E-state index is -1.33. The van der Waals surface area contributed by atoms with E-state index in [4.69, 9.17) is 46.4 Å². The second-order valence-corrected chi connectivity index (χ2v) is 10.9. The van der Waals surface area contributed by atoms with Crippen molar-refractivity contribution in [3.05, 3.63) is 93.2 Å². The summed E-state index contributed by atoms with van der Waals surface area (Å²) >= 11 is 25.7. The normalized spacial score (nSPS) is 20.3. The molecule has 3 aromatic carbocycles. The van der Waals surface area contributed by atoms with E-state index in [1.807, 2.05) is 19.1 Å². The lowest BCUT2D eigenvalue weighted by molar-refractivity contribution is -0.112. The summed E-state index contributed by atoms with van der Waals surface area (Å²) in [6.45, 7) is 2.03. The second-order valence-electron chi connectivity index (χ2n) is 8.66. The summed E-state index contributed by atoms with van der Waals surface area (Å²) in [6.07, 6.45) is 0.769. The Hall–Kier alpha value is -2.31. The molecule has 3 aromatic rings. The molecule has 4 nitrogen and oxygen atoms in total. The van der Waals surface area contributed by atoms with Crippen molar-refractivity contribution in [3.63, 3.8) is 0 Å². The lowest BCUT2D eigenvalue weighted by Gasteiger charge is -2.19. The number of hydrogen-bond donors (Lipinski definition) is 1. The average Bonchev–Trinajstić information content (AvgIpc) is 3.32. The summed E-state index contributed by atoms with van der Waals surface area (Å²) in [6, 6.07) is 15.9. The van der Waals surface area contributed by atoms with Gasteiger partial charge in [-0.1, -0.05) is 52.5 Å². The number of aldehydes is 1. The van der Waals surface area contributed by atoms with Gasteiger partial charge in [0.1, 0.15) is 16.4 Å². The number of amides is 1. The molecule has 2 atom stereocenters. The van der Waals surface area contributed by atoms with Crippen molar-refractivity contribution in [2.75, 3.05) is 23.8 Å². The molecule has 0 bridgehead atoms. The van der Waals surface area contributed by atoms with Gasteiger partial charge in [0.2, 0.25) is 0 Å². The molecular formula is C26H21Cl4FN2O2. The molecule has 4 rings (SSSR count). The van der Waals surface area contributed by atoms with Crippen LogP contribution in [0.2, 0.25) is 10.0 Å². The number of carbonyl (C=O) groups excluding carboxylic acids is 2. The zero-order valence-corrected chi connectivity index (χ0v) is 21.8. The number of aryl methyl sites for hydroxylation is 1. The first-order chi connectivity index (χ1) is 16.5. The standard InChI is InChI=1S/C26H21Cl4FN2O2/c1-15-9-16(11-17(27)10-15)23-25(14-34,26(23,29)30)13-32-19-5-8-22(28)21(12-19)24(35)33(2)20-6-3-18(31)4-7-20/h3-12,14,23,32H,13H2,1-2H3. The van der Waals surface area contributed by atoms with Crippen molar-refractivity contribution >= 4 is 70.0 Å². The maximum atomic E-state index is 13.3. The molecule has 182 valence electrons. The molecule has 2 unspecified atom stereocenters. The van der Waals surface area contributed by atoms with Crippen molar-refractivity contribution < 1.29 is 14.0 Å². The van der Waals surface area contributed by atoms with Gasteiger partial charge in [0.15, 0.2) is 0 Å². The van der Waals surface area contributed by atoms with Crippen LogP contribution in [0.5, 0.6) is 0 Å². The number of carbonyl (C=O) groups is 2. The van der Waals surface area contributed by atoms with Gasteiger partial charge in [-0.25, -0.2) is 4.39 Å². The molecule has 1 N–H and O–H groups in total. The molecule has 1 aliphatic rings. The molecule has 1 aliphatic carbocycles. The van der Waals surface area contributed by atoms with E-state index in [0.29, 0.717) is 16.4 Å². The molecule has 0 heterocycles. The summed E-state index contributed by atoms with van der Waals surface area (Å²) in [5.74, 6) is -1.24. The number of halogens is 5. The second kappa shape index (κ2) is 9.62. The first kappa shape index (κ1) is 25.8. The summed E-state index contributed by atoms with van der Waals surface area (Å²) in [4.78, 5) is 26.7. The largest absolute Gasteiger partial charge is 0.384 e. The Morgan fingerprint density at radius 2 is 1.77 bits per heavy atom. The fourth-order valence-electron chi connectivity index (χ4n) is 4.33. The Morgan fingerprint density at radius 3 is 2.40 bits per heavy atom. The first-order valence-electron chi connectivity index (χ1n) is 10.7. The SMILES string of the molecule is Cc1cc(Cl)cc(C2C(Cl)(Cl)C2(C=O)CNc2ccc(Cl)c(C(=O)N(C)c3ccc(F)cc3)c2)c1. The van der Waals surface area contributed by atoms with Crippen molar-refractivity contribution in [1.29, 1.82) is 0 Å². The molecule has 0 aliphatic heterocycles. The number of nitrogens with one attached hydrogen (secondary N) is 1. The van der Waals surface area contributed by atoms with Crippen LogP contribution in [-0.4, -0.2) is 30.1 Å². The molecule has 9 heteroatoms. The van der Waals surface area contributed by atoms with Crippen LogP contribution in [0.15, 0.2) is 60.7 Å². The summed E-state index contributed by atoms with van der Waals surface area (Å²) in [7, 11) is 1.57. The number of rotatable bonds is 7. The van der Waals surface area contributed by atoms with Gasteiger partial charge < -0.3 is 15.0 Å². The number of alkyl halides is 2. The summed E-state index contributed by atoms with van der Waals surface area (Å²) in [5, 5.41) is 3.97. The van der Waals surface area contributed by atoms with E-state index in [2.05, 4.69) is 5.32 Å². The molecule has 0 spiro atoms. The van der Waals surface area contributed by atoms with Gasteiger partial charge in [-0.05, 0) is 72.6 Å². The van der Waals surface area contributed by atoms with Crippen molar-refractivity contribution in [3.8, 4) is 0 Å². The van der Waals surface area contributed by atoms with Crippen LogP contribution in [0.4, 0.5) is 15.8 Å². The van der Waals surface area contributed by atoms with Crippen molar-refractivity contribution in [2.45, 2.75) is 17.2 Å². The van der Waals surface area contributed by atoms with Gasteiger partial charge in [0, 0.05) is 35.9 Å². The molecule has 0 saturated heterocycles. The van der Waals surface area contributed by atoms with E-state index in [9.17, 15) is 14.0 Å². The quantitative estimate of drug-likeness (QED) is 0.247. The Morgan fingerprint density at radius 1 is 1.09 bits per heavy atom. The summed E-state index contributed by atoms with van der Waals surface area (Å²) in [5.41, 5.74) is 1.93. The molecule has 0 radical (unpaired) electrons. The van der Waals surface area contributed by atoms with Crippen LogP contribution in [0.3, 0.4) is 0 Å². The van der Waals surface area contributed by atoms with E-state index >= 15 is 0 Å². The van der Waals surface area contributed by atoms with Crippen molar-refractivity contribution in [2.24, 2.45) is 5.41 Å². The first-order valence-corrected chi connectivity index (χ1v) is 12.2. The molecular weight excluding hydrogens is 533 g/mol. The lowest BCUT2D eigenvalue weighted by atomic mass is 9.99. The molecule has 1 amide bonds. The van der Waals surface area contributed by atoms with Crippen LogP contribution in [-0.2, 0) is 4.79 Å². The minimum absolute atomic E-state index is 0.128. The van der Waals surface area contributed by atoms with E-state index in [1.54, 1.807) is 31.3 Å². The smallest absolute Gasteiger partial charge is 0.259 e. The van der Waals surface area contributed by atoms with Crippen LogP contribution in [0.1, 0.15) is 27.4 Å². The minimum Gasteiger partial charge on any atom is -0.384 e. The fourth-order valence-corrected chi connectivity index (χ4v) is 5.80. The average molecular weight is 554 g/mol. The number of hydrogen-bond acceptors (Lipinski definition) is 3. The van der Waals surface area contributed by atoms with E-state index in [-0.39, 0.29) is 23.0 Å². The Labute approximate surface area is 222 Å². The van der Waals surface area contributed by atoms with Gasteiger partial charge in [0.25, 0.3) is 5.91 Å². The zero-order valence-electron chi connectivity index (χ0n) is 18.8. The highest BCUT2D eigenvalue weighted by atomic mass is 35.5. The van der Waals surface area contributed by atoms with Crippen LogP contribution < -0.4 is 10.2 Å². The van der Waals surface area contributed by atoms with Gasteiger partial charge >= 0.3 is 0 Å². The van der Waals surface area contributed by atoms with Gasteiger partial charge in [-0.2, -0.15) is 0 Å². The van der Waals surface area contributed by atoms with Crippen molar-refractivity contribution in [1.82, 2.24) is 0 Å². The maximum Gasteiger partial charge on any atom is 0.259 e. The highest BCUT2D eigenvalue weighted by Gasteiger charge is 2.76. The highest BCUT2D eigenvalue weighted by molar-refractivity contribution is 6.54. The molecule has 35 heavy (non-hydrogen) atoms. The third-order valence-electron chi connectivity index (χ3n) is 6.32. The van der Waals surface area contributed by atoms with Crippen LogP contribution >= 0.6 is 46.4 Å². The van der Waals surface area contributed by atoms with Gasteiger partial charge in [-0.15, -0.1) is 0 Å². The van der Waals surface area contributed by atoms with Gasteiger partial charge in [-0.3, -0.25) is 4.79 Å². The third kappa shape index (κ3) is 4.75. The molecule has 0 aromatic heterocycles. The lowest BCUT2D eigenvalue weighted by Crippen LogP contribution is -2.27. The van der Waals surface area contributed by atoms with Crippen LogP contribution in [0, 0.1) is 18.2 Å². The topological polar surface area (TPSA) is 49.4 Å². The van der Waals surface area contributed by atoms with E-state index in [1.165, 1.54) is 29.2 Å². The predicted octanol–water partition coefficient (Wildman–Crippen LogP) is 7.29.